The number of rotatable bonds is 5. The molecule has 108 valence electrons. The van der Waals surface area contributed by atoms with Crippen LogP contribution in [0.5, 0.6) is 0 Å². The zero-order chi connectivity index (χ0) is 14.7. The van der Waals surface area contributed by atoms with Crippen molar-refractivity contribution in [3.05, 3.63) is 58.2 Å². The van der Waals surface area contributed by atoms with E-state index in [2.05, 4.69) is 22.1 Å². The number of aromatic nitrogens is 2. The van der Waals surface area contributed by atoms with Crippen LogP contribution in [0.2, 0.25) is 0 Å². The molecule has 0 saturated carbocycles. The van der Waals surface area contributed by atoms with Crippen molar-refractivity contribution < 1.29 is 4.42 Å². The number of thiophene rings is 1. The lowest BCUT2D eigenvalue weighted by Crippen LogP contribution is -2.22. The van der Waals surface area contributed by atoms with Gasteiger partial charge in [-0.25, -0.2) is 4.68 Å². The van der Waals surface area contributed by atoms with E-state index in [9.17, 15) is 0 Å². The van der Waals surface area contributed by atoms with E-state index in [0.717, 1.165) is 11.4 Å². The molecule has 0 fully saturated rings. The molecular formula is C15H15N3OS2. The molecule has 3 rings (SSSR count). The third-order valence-electron chi connectivity index (χ3n) is 3.01. The molecule has 0 aliphatic carbocycles. The van der Waals surface area contributed by atoms with Gasteiger partial charge in [0.25, 0.3) is 10.7 Å². The van der Waals surface area contributed by atoms with Crippen LogP contribution in [0.3, 0.4) is 0 Å². The highest BCUT2D eigenvalue weighted by atomic mass is 32.1. The third kappa shape index (κ3) is 3.47. The monoisotopic (exact) mass is 317 g/mol. The highest BCUT2D eigenvalue weighted by Gasteiger charge is 2.10. The fraction of sp³-hybridized carbons (Fsp3) is 0.200. The molecule has 0 radical (unpaired) electrons. The van der Waals surface area contributed by atoms with Crippen molar-refractivity contribution in [1.29, 1.82) is 0 Å². The molecule has 0 atom stereocenters. The summed E-state index contributed by atoms with van der Waals surface area (Å²) >= 11 is 6.83. The molecule has 2 aromatic heterocycles. The molecule has 0 aliphatic heterocycles. The van der Waals surface area contributed by atoms with Crippen molar-refractivity contribution in [2.24, 2.45) is 0 Å². The van der Waals surface area contributed by atoms with Crippen LogP contribution < -0.4 is 0 Å². The Bertz CT molecular complexity index is 747. The summed E-state index contributed by atoms with van der Waals surface area (Å²) < 4.78 is 7.28. The molecule has 0 N–H and O–H groups in total. The third-order valence-corrected chi connectivity index (χ3v) is 4.16. The largest absolute Gasteiger partial charge is 0.408 e. The minimum Gasteiger partial charge on any atom is -0.408 e. The Hall–Kier alpha value is -1.76. The van der Waals surface area contributed by atoms with E-state index in [-0.39, 0.29) is 0 Å². The van der Waals surface area contributed by atoms with E-state index in [1.165, 1.54) is 5.56 Å². The second-order valence-corrected chi connectivity index (χ2v) is 6.09. The summed E-state index contributed by atoms with van der Waals surface area (Å²) in [4.78, 5) is 3.54. The highest BCUT2D eigenvalue weighted by Crippen LogP contribution is 2.23. The maximum atomic E-state index is 5.56. The quantitative estimate of drug-likeness (QED) is 0.666. The second-order valence-electron chi connectivity index (χ2n) is 4.79. The summed E-state index contributed by atoms with van der Waals surface area (Å²) in [6, 6.07) is 14.3. The second kappa shape index (κ2) is 6.34. The SMILES string of the molecule is CN(Cc1ccccc1)Cn1nc(-c2cccs2)oc1=S. The van der Waals surface area contributed by atoms with Crippen molar-refractivity contribution >= 4 is 23.6 Å². The van der Waals surface area contributed by atoms with E-state index in [1.54, 1.807) is 16.0 Å². The summed E-state index contributed by atoms with van der Waals surface area (Å²) in [5, 5.41) is 6.44. The number of benzene rings is 1. The zero-order valence-corrected chi connectivity index (χ0v) is 13.2. The van der Waals surface area contributed by atoms with Gasteiger partial charge in [0.15, 0.2) is 0 Å². The average Bonchev–Trinajstić information content (AvgIpc) is 3.10. The number of hydrogen-bond donors (Lipinski definition) is 0. The van der Waals surface area contributed by atoms with Crippen molar-refractivity contribution in [1.82, 2.24) is 14.7 Å². The smallest absolute Gasteiger partial charge is 0.288 e. The molecule has 0 bridgehead atoms. The minimum atomic E-state index is 0.401. The lowest BCUT2D eigenvalue weighted by atomic mass is 10.2. The summed E-state index contributed by atoms with van der Waals surface area (Å²) in [6.07, 6.45) is 0. The van der Waals surface area contributed by atoms with Gasteiger partial charge in [0, 0.05) is 6.54 Å². The first-order valence-electron chi connectivity index (χ1n) is 6.56. The van der Waals surface area contributed by atoms with E-state index in [1.807, 2.05) is 42.8 Å². The first kappa shape index (κ1) is 14.2. The molecule has 2 heterocycles. The summed E-state index contributed by atoms with van der Waals surface area (Å²) in [7, 11) is 2.04. The first-order chi connectivity index (χ1) is 10.2. The van der Waals surface area contributed by atoms with Crippen molar-refractivity contribution in [2.75, 3.05) is 7.05 Å². The van der Waals surface area contributed by atoms with Crippen LogP contribution >= 0.6 is 23.6 Å². The molecule has 0 spiro atoms. The molecule has 0 amide bonds. The van der Waals surface area contributed by atoms with Crippen LogP contribution in [-0.2, 0) is 13.2 Å². The van der Waals surface area contributed by atoms with Gasteiger partial charge in [-0.1, -0.05) is 36.4 Å². The van der Waals surface area contributed by atoms with Gasteiger partial charge in [0.2, 0.25) is 0 Å². The van der Waals surface area contributed by atoms with Crippen LogP contribution in [0, 0.1) is 4.84 Å². The highest BCUT2D eigenvalue weighted by molar-refractivity contribution is 7.71. The van der Waals surface area contributed by atoms with Crippen LogP contribution in [-0.4, -0.2) is 21.7 Å². The molecule has 1 aromatic carbocycles. The van der Waals surface area contributed by atoms with Gasteiger partial charge in [-0.05, 0) is 36.3 Å². The van der Waals surface area contributed by atoms with Gasteiger partial charge in [-0.2, -0.15) is 0 Å². The Kier molecular flexibility index (Phi) is 4.28. The molecule has 0 unspecified atom stereocenters. The number of hydrogen-bond acceptors (Lipinski definition) is 5. The van der Waals surface area contributed by atoms with Gasteiger partial charge in [-0.3, -0.25) is 4.90 Å². The lowest BCUT2D eigenvalue weighted by Gasteiger charge is -2.15. The maximum absolute atomic E-state index is 5.56. The average molecular weight is 317 g/mol. The standard InChI is InChI=1S/C15H15N3OS2/c1-17(10-12-6-3-2-4-7-12)11-18-15(20)19-14(16-18)13-8-5-9-21-13/h2-9H,10-11H2,1H3. The Balaban J connectivity index is 1.72. The lowest BCUT2D eigenvalue weighted by molar-refractivity contribution is 0.240. The fourth-order valence-electron chi connectivity index (χ4n) is 2.07. The summed E-state index contributed by atoms with van der Waals surface area (Å²) in [5.74, 6) is 0.586. The van der Waals surface area contributed by atoms with E-state index in [0.29, 0.717) is 17.4 Å². The van der Waals surface area contributed by atoms with Crippen molar-refractivity contribution in [2.45, 2.75) is 13.2 Å². The first-order valence-corrected chi connectivity index (χ1v) is 7.85. The number of nitrogens with zero attached hydrogens (tertiary/aromatic N) is 3. The van der Waals surface area contributed by atoms with Gasteiger partial charge in [0.05, 0.1) is 11.5 Å². The Morgan fingerprint density at radius 2 is 2.05 bits per heavy atom. The summed E-state index contributed by atoms with van der Waals surface area (Å²) in [6.45, 7) is 1.44. The van der Waals surface area contributed by atoms with E-state index >= 15 is 0 Å². The molecule has 21 heavy (non-hydrogen) atoms. The van der Waals surface area contributed by atoms with Gasteiger partial charge in [-0.15, -0.1) is 16.4 Å². The van der Waals surface area contributed by atoms with Gasteiger partial charge >= 0.3 is 0 Å². The predicted molar refractivity (Wildman–Crippen MR) is 86.5 cm³/mol. The minimum absolute atomic E-state index is 0.401. The molecule has 6 heteroatoms. The topological polar surface area (TPSA) is 34.2 Å². The Morgan fingerprint density at radius 3 is 2.76 bits per heavy atom. The fourth-order valence-corrected chi connectivity index (χ4v) is 2.89. The zero-order valence-electron chi connectivity index (χ0n) is 11.6. The van der Waals surface area contributed by atoms with Crippen LogP contribution in [0.25, 0.3) is 10.8 Å². The molecule has 4 nitrogen and oxygen atoms in total. The Labute approximate surface area is 132 Å². The van der Waals surface area contributed by atoms with Gasteiger partial charge < -0.3 is 4.42 Å². The van der Waals surface area contributed by atoms with Crippen LogP contribution in [0.15, 0.2) is 52.3 Å². The van der Waals surface area contributed by atoms with Crippen molar-refractivity contribution in [3.63, 3.8) is 0 Å². The molecule has 0 aliphatic rings. The maximum Gasteiger partial charge on any atom is 0.288 e. The van der Waals surface area contributed by atoms with E-state index < -0.39 is 0 Å². The normalized spacial score (nSPS) is 11.1. The molecule has 0 saturated heterocycles. The van der Waals surface area contributed by atoms with Crippen LogP contribution in [0.4, 0.5) is 0 Å². The molecule has 3 aromatic rings. The summed E-state index contributed by atoms with van der Waals surface area (Å²) in [5.41, 5.74) is 1.26. The van der Waals surface area contributed by atoms with Crippen molar-refractivity contribution in [3.8, 4) is 10.8 Å². The predicted octanol–water partition coefficient (Wildman–Crippen LogP) is 4.02. The van der Waals surface area contributed by atoms with E-state index in [4.69, 9.17) is 16.6 Å². The van der Waals surface area contributed by atoms with Crippen LogP contribution in [0.1, 0.15) is 5.56 Å². The Morgan fingerprint density at radius 1 is 1.24 bits per heavy atom. The van der Waals surface area contributed by atoms with Gasteiger partial charge in [0.1, 0.15) is 0 Å². The molecular weight excluding hydrogens is 302 g/mol.